The maximum atomic E-state index is 12.0. The van der Waals surface area contributed by atoms with E-state index in [2.05, 4.69) is 15.8 Å². The van der Waals surface area contributed by atoms with Crippen molar-refractivity contribution in [3.63, 3.8) is 0 Å². The number of carbonyl (C=O) groups excluding carboxylic acids is 2. The van der Waals surface area contributed by atoms with Crippen LogP contribution < -0.4 is 16.5 Å². The molecule has 132 valence electrons. The van der Waals surface area contributed by atoms with Gasteiger partial charge in [-0.3, -0.25) is 4.79 Å². The Labute approximate surface area is 155 Å². The predicted molar refractivity (Wildman–Crippen MR) is 103 cm³/mol. The maximum Gasteiger partial charge on any atom is 0.332 e. The van der Waals surface area contributed by atoms with Crippen molar-refractivity contribution < 1.29 is 9.59 Å². The number of hydrazone groups is 1. The second kappa shape index (κ2) is 9.86. The first-order valence-electron chi connectivity index (χ1n) is 7.63. The third kappa shape index (κ3) is 6.30. The minimum atomic E-state index is -0.775. The van der Waals surface area contributed by atoms with E-state index in [0.717, 1.165) is 11.3 Å². The summed E-state index contributed by atoms with van der Waals surface area (Å²) in [5.41, 5.74) is 9.78. The third-order valence-electron chi connectivity index (χ3n) is 3.18. The number of rotatable bonds is 7. The molecule has 0 spiro atoms. The summed E-state index contributed by atoms with van der Waals surface area (Å²) in [4.78, 5) is 22.9. The Hall–Kier alpha value is -3.31. The fourth-order valence-corrected chi connectivity index (χ4v) is 2.78. The zero-order valence-electron chi connectivity index (χ0n) is 13.8. The van der Waals surface area contributed by atoms with Gasteiger partial charge in [0.2, 0.25) is 5.91 Å². The van der Waals surface area contributed by atoms with Gasteiger partial charge in [0.25, 0.3) is 0 Å². The van der Waals surface area contributed by atoms with Crippen molar-refractivity contribution in [2.75, 3.05) is 16.8 Å². The highest BCUT2D eigenvalue weighted by molar-refractivity contribution is 8.00. The molecule has 0 radical (unpaired) electrons. The number of nitriles is 1. The fourth-order valence-electron chi connectivity index (χ4n) is 2.00. The SMILES string of the molecule is N#Cc1ccc(/C(CSCC(=O)Nc2ccccc2)=N/NC(N)=O)cc1. The van der Waals surface area contributed by atoms with E-state index in [0.29, 0.717) is 17.0 Å². The molecule has 0 heterocycles. The lowest BCUT2D eigenvalue weighted by atomic mass is 10.1. The summed E-state index contributed by atoms with van der Waals surface area (Å²) in [6, 6.07) is 17.2. The zero-order chi connectivity index (χ0) is 18.8. The first-order chi connectivity index (χ1) is 12.6. The Morgan fingerprint density at radius 2 is 1.77 bits per heavy atom. The average Bonchev–Trinajstić information content (AvgIpc) is 2.65. The summed E-state index contributed by atoms with van der Waals surface area (Å²) < 4.78 is 0. The molecule has 0 saturated carbocycles. The summed E-state index contributed by atoms with van der Waals surface area (Å²) in [7, 11) is 0. The number of primary amides is 1. The molecule has 3 amide bonds. The van der Waals surface area contributed by atoms with E-state index in [-0.39, 0.29) is 11.7 Å². The molecule has 0 aliphatic heterocycles. The van der Waals surface area contributed by atoms with E-state index in [1.807, 2.05) is 36.4 Å². The van der Waals surface area contributed by atoms with Gasteiger partial charge in [-0.25, -0.2) is 10.2 Å². The van der Waals surface area contributed by atoms with Gasteiger partial charge in [0.1, 0.15) is 0 Å². The number of anilines is 1. The number of thioether (sulfide) groups is 1. The van der Waals surface area contributed by atoms with Crippen LogP contribution in [0.4, 0.5) is 10.5 Å². The van der Waals surface area contributed by atoms with E-state index >= 15 is 0 Å². The van der Waals surface area contributed by atoms with Crippen LogP contribution in [-0.4, -0.2) is 29.2 Å². The Morgan fingerprint density at radius 3 is 2.38 bits per heavy atom. The summed E-state index contributed by atoms with van der Waals surface area (Å²) in [5.74, 6) is 0.470. The molecule has 0 atom stereocenters. The molecule has 4 N–H and O–H groups in total. The number of para-hydroxylation sites is 1. The molecule has 2 aromatic carbocycles. The maximum absolute atomic E-state index is 12.0. The van der Waals surface area contributed by atoms with Crippen molar-refractivity contribution in [3.05, 3.63) is 65.7 Å². The topological polar surface area (TPSA) is 120 Å². The van der Waals surface area contributed by atoms with Crippen LogP contribution in [0, 0.1) is 11.3 Å². The normalized spacial score (nSPS) is 10.7. The molecule has 0 aliphatic rings. The van der Waals surface area contributed by atoms with Crippen molar-refractivity contribution in [3.8, 4) is 6.07 Å². The van der Waals surface area contributed by atoms with Gasteiger partial charge in [0.05, 0.1) is 23.1 Å². The van der Waals surface area contributed by atoms with Gasteiger partial charge >= 0.3 is 6.03 Å². The van der Waals surface area contributed by atoms with Crippen LogP contribution >= 0.6 is 11.8 Å². The highest BCUT2D eigenvalue weighted by Crippen LogP contribution is 2.11. The van der Waals surface area contributed by atoms with Crippen LogP contribution in [-0.2, 0) is 4.79 Å². The first-order valence-corrected chi connectivity index (χ1v) is 8.79. The number of nitrogens with zero attached hydrogens (tertiary/aromatic N) is 2. The lowest BCUT2D eigenvalue weighted by Crippen LogP contribution is -2.26. The number of nitrogens with two attached hydrogens (primary N) is 1. The lowest BCUT2D eigenvalue weighted by Gasteiger charge is -2.08. The lowest BCUT2D eigenvalue weighted by molar-refractivity contribution is -0.113. The van der Waals surface area contributed by atoms with Crippen molar-refractivity contribution in [1.29, 1.82) is 5.26 Å². The number of carbonyl (C=O) groups is 2. The highest BCUT2D eigenvalue weighted by Gasteiger charge is 2.08. The van der Waals surface area contributed by atoms with Crippen LogP contribution in [0.2, 0.25) is 0 Å². The molecule has 0 aromatic heterocycles. The number of hydrogen-bond donors (Lipinski definition) is 3. The molecule has 0 aliphatic carbocycles. The van der Waals surface area contributed by atoms with Gasteiger partial charge in [0.15, 0.2) is 0 Å². The van der Waals surface area contributed by atoms with Gasteiger partial charge < -0.3 is 11.1 Å². The number of amides is 3. The number of benzene rings is 2. The van der Waals surface area contributed by atoms with Crippen molar-refractivity contribution in [2.24, 2.45) is 10.8 Å². The van der Waals surface area contributed by atoms with Gasteiger partial charge in [0, 0.05) is 11.4 Å². The standard InChI is InChI=1S/C18H17N5O2S/c19-10-13-6-8-14(9-7-13)16(22-23-18(20)25)11-26-12-17(24)21-15-4-2-1-3-5-15/h1-9H,11-12H2,(H,21,24)(H3,20,23,25)/b22-16+. The van der Waals surface area contributed by atoms with Crippen LogP contribution in [0.3, 0.4) is 0 Å². The molecule has 0 unspecified atom stereocenters. The van der Waals surface area contributed by atoms with Crippen molar-refractivity contribution in [1.82, 2.24) is 5.43 Å². The minimum absolute atomic E-state index is 0.136. The highest BCUT2D eigenvalue weighted by atomic mass is 32.2. The second-order valence-corrected chi connectivity index (χ2v) is 6.12. The molecule has 0 bridgehead atoms. The second-order valence-electron chi connectivity index (χ2n) is 5.13. The van der Waals surface area contributed by atoms with Crippen LogP contribution in [0.25, 0.3) is 0 Å². The summed E-state index contributed by atoms with van der Waals surface area (Å²) in [6.07, 6.45) is 0. The van der Waals surface area contributed by atoms with Gasteiger partial charge in [-0.15, -0.1) is 11.8 Å². The Morgan fingerprint density at radius 1 is 1.08 bits per heavy atom. The van der Waals surface area contributed by atoms with Gasteiger partial charge in [-0.05, 0) is 29.8 Å². The van der Waals surface area contributed by atoms with Crippen molar-refractivity contribution >= 4 is 35.1 Å². The van der Waals surface area contributed by atoms with Crippen molar-refractivity contribution in [2.45, 2.75) is 0 Å². The molecule has 2 rings (SSSR count). The fraction of sp³-hybridized carbons (Fsp3) is 0.111. The molecule has 7 nitrogen and oxygen atoms in total. The van der Waals surface area contributed by atoms with Crippen LogP contribution in [0.5, 0.6) is 0 Å². The van der Waals surface area contributed by atoms with Gasteiger partial charge in [-0.2, -0.15) is 10.4 Å². The quantitative estimate of drug-likeness (QED) is 0.513. The third-order valence-corrected chi connectivity index (χ3v) is 4.12. The molecule has 0 saturated heterocycles. The summed E-state index contributed by atoms with van der Waals surface area (Å²) in [6.45, 7) is 0. The molecular weight excluding hydrogens is 350 g/mol. The average molecular weight is 367 g/mol. The van der Waals surface area contributed by atoms with Crippen LogP contribution in [0.15, 0.2) is 59.7 Å². The van der Waals surface area contributed by atoms with Gasteiger partial charge in [-0.1, -0.05) is 30.3 Å². The zero-order valence-corrected chi connectivity index (χ0v) is 14.6. The molecule has 0 fully saturated rings. The Bertz CT molecular complexity index is 829. The number of nitrogens with one attached hydrogen (secondary N) is 2. The minimum Gasteiger partial charge on any atom is -0.350 e. The number of urea groups is 1. The molecule has 8 heteroatoms. The Kier molecular flexibility index (Phi) is 7.21. The summed E-state index contributed by atoms with van der Waals surface area (Å²) >= 11 is 1.35. The van der Waals surface area contributed by atoms with E-state index < -0.39 is 6.03 Å². The van der Waals surface area contributed by atoms with Crippen LogP contribution in [0.1, 0.15) is 11.1 Å². The predicted octanol–water partition coefficient (Wildman–Crippen LogP) is 2.30. The largest absolute Gasteiger partial charge is 0.350 e. The smallest absolute Gasteiger partial charge is 0.332 e. The first kappa shape index (κ1) is 19.0. The number of hydrogen-bond acceptors (Lipinski definition) is 5. The van der Waals surface area contributed by atoms with E-state index in [1.165, 1.54) is 11.8 Å². The van der Waals surface area contributed by atoms with E-state index in [9.17, 15) is 9.59 Å². The molecular formula is C18H17N5O2S. The Balaban J connectivity index is 1.96. The molecule has 2 aromatic rings. The monoisotopic (exact) mass is 367 g/mol. The molecule has 26 heavy (non-hydrogen) atoms. The van der Waals surface area contributed by atoms with E-state index in [1.54, 1.807) is 24.3 Å². The van der Waals surface area contributed by atoms with E-state index in [4.69, 9.17) is 11.0 Å². The summed E-state index contributed by atoms with van der Waals surface area (Å²) in [5, 5.41) is 15.6.